The fraction of sp³-hybridized carbons (Fsp3) is 0.125. The van der Waals surface area contributed by atoms with Gasteiger partial charge in [-0.2, -0.15) is 0 Å². The van der Waals surface area contributed by atoms with Gasteiger partial charge >= 0.3 is 5.97 Å². The van der Waals surface area contributed by atoms with Crippen molar-refractivity contribution in [2.45, 2.75) is 0 Å². The molecule has 3 aromatic rings. The van der Waals surface area contributed by atoms with E-state index in [0.717, 1.165) is 22.1 Å². The Bertz CT molecular complexity index is 1230. The normalized spacial score (nSPS) is 16.4. The summed E-state index contributed by atoms with van der Waals surface area (Å²) in [5.74, 6) is 0.270. The van der Waals surface area contributed by atoms with E-state index in [-0.39, 0.29) is 5.91 Å². The van der Waals surface area contributed by atoms with Gasteiger partial charge in [0.15, 0.2) is 5.17 Å². The summed E-state index contributed by atoms with van der Waals surface area (Å²) >= 11 is 1.31. The van der Waals surface area contributed by atoms with E-state index < -0.39 is 5.97 Å². The number of aliphatic imine (C=N–C) groups is 1. The van der Waals surface area contributed by atoms with E-state index in [1.807, 2.05) is 42.5 Å². The van der Waals surface area contributed by atoms with E-state index in [1.54, 1.807) is 38.4 Å². The molecule has 1 heterocycles. The number of likely N-dealkylation sites (N-methyl/N-ethyl adjacent to an activating group) is 1. The van der Waals surface area contributed by atoms with Crippen molar-refractivity contribution < 1.29 is 19.1 Å². The molecular weight excluding hydrogens is 412 g/mol. The number of carbonyl (C=O) groups is 2. The van der Waals surface area contributed by atoms with E-state index in [1.165, 1.54) is 23.8 Å². The quantitative estimate of drug-likeness (QED) is 0.435. The van der Waals surface area contributed by atoms with E-state index in [2.05, 4.69) is 4.99 Å². The molecule has 156 valence electrons. The number of fused-ring (bicyclic) bond motifs is 1. The molecule has 0 atom stereocenters. The molecule has 6 nitrogen and oxygen atoms in total. The van der Waals surface area contributed by atoms with Gasteiger partial charge in [-0.15, -0.1) is 0 Å². The van der Waals surface area contributed by atoms with E-state index in [4.69, 9.17) is 9.47 Å². The molecule has 0 bridgehead atoms. The van der Waals surface area contributed by atoms with Crippen LogP contribution in [-0.2, 0) is 9.53 Å². The summed E-state index contributed by atoms with van der Waals surface area (Å²) in [6.07, 6.45) is 1.88. The van der Waals surface area contributed by atoms with Crippen LogP contribution in [0.15, 0.2) is 70.6 Å². The van der Waals surface area contributed by atoms with Crippen LogP contribution in [-0.4, -0.2) is 43.2 Å². The van der Waals surface area contributed by atoms with Gasteiger partial charge in [0.2, 0.25) is 0 Å². The number of hydrogen-bond acceptors (Lipinski definition) is 6. The fourth-order valence-electron chi connectivity index (χ4n) is 3.29. The monoisotopic (exact) mass is 432 g/mol. The zero-order chi connectivity index (χ0) is 22.0. The number of thioether (sulfide) groups is 1. The highest BCUT2D eigenvalue weighted by atomic mass is 32.2. The van der Waals surface area contributed by atoms with Gasteiger partial charge in [0.25, 0.3) is 5.91 Å². The number of methoxy groups -OCH3 is 2. The van der Waals surface area contributed by atoms with E-state index in [9.17, 15) is 9.59 Å². The predicted octanol–water partition coefficient (Wildman–Crippen LogP) is 4.87. The third-order valence-corrected chi connectivity index (χ3v) is 6.00. The van der Waals surface area contributed by atoms with Gasteiger partial charge in [0.1, 0.15) is 5.75 Å². The molecule has 0 N–H and O–H groups in total. The average Bonchev–Trinajstić information content (AvgIpc) is 3.07. The molecule has 1 aliphatic heterocycles. The van der Waals surface area contributed by atoms with Crippen LogP contribution in [0.2, 0.25) is 0 Å². The first-order chi connectivity index (χ1) is 15.0. The molecule has 31 heavy (non-hydrogen) atoms. The number of ether oxygens (including phenoxy) is 2. The second kappa shape index (κ2) is 8.65. The highest BCUT2D eigenvalue weighted by Crippen LogP contribution is 2.36. The molecule has 1 amide bonds. The fourth-order valence-corrected chi connectivity index (χ4v) is 4.27. The van der Waals surface area contributed by atoms with Crippen LogP contribution in [0.3, 0.4) is 0 Å². The summed E-state index contributed by atoms with van der Waals surface area (Å²) in [5, 5.41) is 2.57. The standard InChI is InChI=1S/C24H20N2O4S/c1-26-22(27)21(14-16-10-13-20(29-2)19-7-5-4-6-18(16)19)31-24(26)25-17-11-8-15(9-12-17)23(28)30-3/h4-14H,1-3H3. The second-order valence-corrected chi connectivity index (χ2v) is 7.82. The number of nitrogens with zero attached hydrogens (tertiary/aromatic N) is 2. The lowest BCUT2D eigenvalue weighted by molar-refractivity contribution is -0.121. The minimum absolute atomic E-state index is 0.116. The van der Waals surface area contributed by atoms with Crippen molar-refractivity contribution in [3.8, 4) is 5.75 Å². The molecule has 0 aromatic heterocycles. The first-order valence-corrected chi connectivity index (χ1v) is 10.3. The zero-order valence-corrected chi connectivity index (χ0v) is 18.1. The lowest BCUT2D eigenvalue weighted by Gasteiger charge is -2.08. The summed E-state index contributed by atoms with van der Waals surface area (Å²) in [7, 11) is 4.68. The molecular formula is C24H20N2O4S. The summed E-state index contributed by atoms with van der Waals surface area (Å²) in [6, 6.07) is 18.5. The maximum absolute atomic E-state index is 12.8. The first-order valence-electron chi connectivity index (χ1n) is 9.52. The molecule has 3 aromatic carbocycles. The number of hydrogen-bond donors (Lipinski definition) is 0. The number of carbonyl (C=O) groups excluding carboxylic acids is 2. The molecule has 0 spiro atoms. The van der Waals surface area contributed by atoms with Crippen LogP contribution in [0, 0.1) is 0 Å². The average molecular weight is 433 g/mol. The molecule has 1 aliphatic rings. The zero-order valence-electron chi connectivity index (χ0n) is 17.3. The van der Waals surface area contributed by atoms with Crippen LogP contribution in [0.1, 0.15) is 15.9 Å². The summed E-state index contributed by atoms with van der Waals surface area (Å²) in [5.41, 5.74) is 2.03. The number of esters is 1. The molecule has 0 radical (unpaired) electrons. The molecule has 4 rings (SSSR count). The third kappa shape index (κ3) is 4.04. The van der Waals surface area contributed by atoms with Crippen LogP contribution in [0.25, 0.3) is 16.8 Å². The summed E-state index contributed by atoms with van der Waals surface area (Å²) in [4.78, 5) is 31.1. The lowest BCUT2D eigenvalue weighted by Crippen LogP contribution is -2.23. The number of amides is 1. The largest absolute Gasteiger partial charge is 0.496 e. The maximum Gasteiger partial charge on any atom is 0.337 e. The smallest absolute Gasteiger partial charge is 0.337 e. The molecule has 0 aliphatic carbocycles. The Morgan fingerprint density at radius 2 is 1.71 bits per heavy atom. The van der Waals surface area contributed by atoms with Gasteiger partial charge in [0, 0.05) is 12.4 Å². The Morgan fingerprint density at radius 1 is 1.00 bits per heavy atom. The van der Waals surface area contributed by atoms with Gasteiger partial charge in [-0.3, -0.25) is 9.69 Å². The van der Waals surface area contributed by atoms with Crippen LogP contribution >= 0.6 is 11.8 Å². The molecule has 0 unspecified atom stereocenters. The van der Waals surface area contributed by atoms with Gasteiger partial charge in [0.05, 0.1) is 30.4 Å². The predicted molar refractivity (Wildman–Crippen MR) is 124 cm³/mol. The minimum Gasteiger partial charge on any atom is -0.496 e. The minimum atomic E-state index is -0.404. The highest BCUT2D eigenvalue weighted by Gasteiger charge is 2.30. The van der Waals surface area contributed by atoms with Crippen molar-refractivity contribution in [3.05, 3.63) is 76.7 Å². The van der Waals surface area contributed by atoms with E-state index in [0.29, 0.717) is 21.3 Å². The molecule has 1 fully saturated rings. The Hall–Kier alpha value is -3.58. The van der Waals surface area contributed by atoms with Crippen molar-refractivity contribution in [1.29, 1.82) is 0 Å². The Labute approximate surface area is 184 Å². The third-order valence-electron chi connectivity index (χ3n) is 4.94. The van der Waals surface area contributed by atoms with E-state index >= 15 is 0 Å². The van der Waals surface area contributed by atoms with Crippen molar-refractivity contribution in [3.63, 3.8) is 0 Å². The highest BCUT2D eigenvalue weighted by molar-refractivity contribution is 8.18. The molecule has 0 saturated carbocycles. The summed E-state index contributed by atoms with van der Waals surface area (Å²) in [6.45, 7) is 0. The maximum atomic E-state index is 12.8. The Morgan fingerprint density at radius 3 is 2.39 bits per heavy atom. The first kappa shape index (κ1) is 20.7. The topological polar surface area (TPSA) is 68.2 Å². The lowest BCUT2D eigenvalue weighted by atomic mass is 10.0. The van der Waals surface area contributed by atoms with Gasteiger partial charge in [-0.25, -0.2) is 9.79 Å². The number of benzene rings is 3. The summed E-state index contributed by atoms with van der Waals surface area (Å²) < 4.78 is 10.2. The SMILES string of the molecule is COC(=O)c1ccc(N=C2SC(=Cc3ccc(OC)c4ccccc34)C(=O)N2C)cc1. The van der Waals surface area contributed by atoms with Crippen molar-refractivity contribution in [1.82, 2.24) is 4.90 Å². The van der Waals surface area contributed by atoms with Crippen molar-refractivity contribution in [2.75, 3.05) is 21.3 Å². The van der Waals surface area contributed by atoms with Crippen LogP contribution in [0.4, 0.5) is 5.69 Å². The Balaban J connectivity index is 1.66. The number of amidine groups is 1. The van der Waals surface area contributed by atoms with Gasteiger partial charge in [-0.1, -0.05) is 30.3 Å². The number of rotatable bonds is 4. The second-order valence-electron chi connectivity index (χ2n) is 6.81. The van der Waals surface area contributed by atoms with Gasteiger partial charge in [-0.05, 0) is 59.1 Å². The van der Waals surface area contributed by atoms with Crippen molar-refractivity contribution in [2.24, 2.45) is 4.99 Å². The van der Waals surface area contributed by atoms with Crippen molar-refractivity contribution >= 4 is 51.3 Å². The molecule has 1 saturated heterocycles. The Kier molecular flexibility index (Phi) is 5.77. The van der Waals surface area contributed by atoms with Crippen LogP contribution in [0.5, 0.6) is 5.75 Å². The van der Waals surface area contributed by atoms with Gasteiger partial charge < -0.3 is 9.47 Å². The van der Waals surface area contributed by atoms with Crippen LogP contribution < -0.4 is 4.74 Å². The molecule has 7 heteroatoms.